The average Bonchev–Trinajstić information content (AvgIpc) is 2.46. The van der Waals surface area contributed by atoms with E-state index in [1.165, 1.54) is 5.06 Å². The van der Waals surface area contributed by atoms with Gasteiger partial charge in [-0.1, -0.05) is 25.7 Å². The lowest BCUT2D eigenvalue weighted by Crippen LogP contribution is -2.60. The molecule has 0 saturated carbocycles. The number of hydroxylamine groups is 2. The second-order valence-electron chi connectivity index (χ2n) is 8.41. The second kappa shape index (κ2) is 11.5. The van der Waals surface area contributed by atoms with Crippen LogP contribution in [0.1, 0.15) is 91.9 Å². The van der Waals surface area contributed by atoms with Gasteiger partial charge in [-0.05, 0) is 53.4 Å². The quantitative estimate of drug-likeness (QED) is 0.454. The van der Waals surface area contributed by atoms with Crippen LogP contribution in [0.5, 0.6) is 0 Å². The van der Waals surface area contributed by atoms with Crippen LogP contribution in [-0.4, -0.2) is 54.7 Å². The molecule has 0 aromatic carbocycles. The van der Waals surface area contributed by atoms with Gasteiger partial charge in [-0.15, -0.1) is 0 Å². The Balaban J connectivity index is 0.000000485. The maximum Gasteiger partial charge on any atom is 0.303 e. The van der Waals surface area contributed by atoms with E-state index in [-0.39, 0.29) is 30.0 Å². The van der Waals surface area contributed by atoms with E-state index in [1.54, 1.807) is 0 Å². The predicted octanol–water partition coefficient (Wildman–Crippen LogP) is 3.67. The minimum Gasteiger partial charge on any atom is -0.481 e. The maximum atomic E-state index is 10.1. The molecule has 1 saturated heterocycles. The molecule has 0 unspecified atom stereocenters. The number of unbranched alkanes of at least 4 members (excludes halogenated alkanes) is 5. The maximum absolute atomic E-state index is 10.1. The van der Waals surface area contributed by atoms with Crippen molar-refractivity contribution in [3.63, 3.8) is 0 Å². The molecule has 4 N–H and O–H groups in total. The van der Waals surface area contributed by atoms with Crippen LogP contribution in [0.25, 0.3) is 0 Å². The Morgan fingerprint density at radius 1 is 0.808 bits per heavy atom. The molecule has 7 nitrogen and oxygen atoms in total. The van der Waals surface area contributed by atoms with Gasteiger partial charge in [0.2, 0.25) is 0 Å². The van der Waals surface area contributed by atoms with Crippen molar-refractivity contribution in [3.05, 3.63) is 0 Å². The Bertz CT molecular complexity index is 398. The van der Waals surface area contributed by atoms with E-state index in [4.69, 9.17) is 10.2 Å². The van der Waals surface area contributed by atoms with Gasteiger partial charge < -0.3 is 20.5 Å². The van der Waals surface area contributed by atoms with Crippen LogP contribution in [-0.2, 0) is 9.59 Å². The number of aliphatic hydroxyl groups is 1. The normalized spacial score (nSPS) is 19.5. The first-order chi connectivity index (χ1) is 11.9. The lowest BCUT2D eigenvalue weighted by atomic mass is 9.80. The molecule has 1 aliphatic rings. The Morgan fingerprint density at radius 3 is 1.42 bits per heavy atom. The molecule has 1 aliphatic heterocycles. The molecule has 0 spiro atoms. The molecule has 26 heavy (non-hydrogen) atoms. The highest BCUT2D eigenvalue weighted by Gasteiger charge is 2.44. The molecular formula is C19H37NO6. The predicted molar refractivity (Wildman–Crippen MR) is 99.2 cm³/mol. The number of nitrogens with zero attached hydrogens (tertiary/aromatic N) is 1. The molecule has 0 bridgehead atoms. The third-order valence-corrected chi connectivity index (χ3v) is 4.65. The molecule has 0 aromatic rings. The Hall–Kier alpha value is -1.18. The van der Waals surface area contributed by atoms with Crippen molar-refractivity contribution < 1.29 is 30.1 Å². The van der Waals surface area contributed by atoms with E-state index in [0.717, 1.165) is 38.5 Å². The van der Waals surface area contributed by atoms with Gasteiger partial charge in [0.1, 0.15) is 0 Å². The summed E-state index contributed by atoms with van der Waals surface area (Å²) in [6.45, 7) is 7.77. The zero-order valence-electron chi connectivity index (χ0n) is 16.7. The minimum atomic E-state index is -0.740. The highest BCUT2D eigenvalue weighted by Crippen LogP contribution is 2.36. The van der Waals surface area contributed by atoms with Crippen LogP contribution in [0.4, 0.5) is 0 Å². The van der Waals surface area contributed by atoms with Crippen LogP contribution in [0, 0.1) is 0 Å². The Labute approximate surface area is 157 Å². The van der Waals surface area contributed by atoms with Crippen molar-refractivity contribution in [3.8, 4) is 0 Å². The SMILES string of the molecule is CC1(C)CC(O)CC(C)(C)N1O.O=C(O)CCCCCCCCC(=O)O. The van der Waals surface area contributed by atoms with Crippen molar-refractivity contribution in [1.29, 1.82) is 0 Å². The highest BCUT2D eigenvalue weighted by molar-refractivity contribution is 5.66. The van der Waals surface area contributed by atoms with Crippen molar-refractivity contribution in [2.75, 3.05) is 0 Å². The van der Waals surface area contributed by atoms with Gasteiger partial charge in [0.25, 0.3) is 0 Å². The molecule has 0 amide bonds. The van der Waals surface area contributed by atoms with Gasteiger partial charge >= 0.3 is 11.9 Å². The monoisotopic (exact) mass is 375 g/mol. The number of hydrogen-bond donors (Lipinski definition) is 4. The fraction of sp³-hybridized carbons (Fsp3) is 0.895. The van der Waals surface area contributed by atoms with Gasteiger partial charge in [-0.2, -0.15) is 5.06 Å². The number of hydrogen-bond acceptors (Lipinski definition) is 5. The zero-order valence-corrected chi connectivity index (χ0v) is 16.7. The first-order valence-electron chi connectivity index (χ1n) is 9.49. The summed E-state index contributed by atoms with van der Waals surface area (Å²) in [5, 5.41) is 37.4. The summed E-state index contributed by atoms with van der Waals surface area (Å²) in [7, 11) is 0. The Kier molecular flexibility index (Phi) is 11.0. The third-order valence-electron chi connectivity index (χ3n) is 4.65. The van der Waals surface area contributed by atoms with Crippen LogP contribution >= 0.6 is 0 Å². The van der Waals surface area contributed by atoms with Gasteiger partial charge in [-0.25, -0.2) is 0 Å². The number of piperidine rings is 1. The molecule has 1 fully saturated rings. The number of aliphatic hydroxyl groups excluding tert-OH is 1. The summed E-state index contributed by atoms with van der Waals surface area (Å²) in [6, 6.07) is 0. The number of carboxylic acid groups (broad SMARTS) is 2. The fourth-order valence-corrected chi connectivity index (χ4v) is 3.48. The van der Waals surface area contributed by atoms with E-state index >= 15 is 0 Å². The largest absolute Gasteiger partial charge is 0.481 e. The van der Waals surface area contributed by atoms with Crippen LogP contribution < -0.4 is 0 Å². The average molecular weight is 376 g/mol. The molecule has 154 valence electrons. The topological polar surface area (TPSA) is 118 Å². The van der Waals surface area contributed by atoms with E-state index in [0.29, 0.717) is 12.8 Å². The number of rotatable bonds is 9. The van der Waals surface area contributed by atoms with E-state index < -0.39 is 11.9 Å². The standard InChI is InChI=1S/C10H18O4.C9H19NO2/c11-9(12)7-5-3-1-2-4-6-8-10(13)14;1-8(2)5-7(11)6-9(3,4)10(8)12/h1-8H2,(H,11,12)(H,13,14);7,11-12H,5-6H2,1-4H3. The third kappa shape index (κ3) is 10.7. The van der Waals surface area contributed by atoms with E-state index in [9.17, 15) is 19.9 Å². The summed E-state index contributed by atoms with van der Waals surface area (Å²) >= 11 is 0. The number of carbonyl (C=O) groups is 2. The first kappa shape index (κ1) is 24.8. The lowest BCUT2D eigenvalue weighted by molar-refractivity contribution is -0.257. The van der Waals surface area contributed by atoms with Crippen molar-refractivity contribution in [1.82, 2.24) is 5.06 Å². The molecule has 0 aliphatic carbocycles. The molecule has 0 radical (unpaired) electrons. The summed E-state index contributed by atoms with van der Waals surface area (Å²) in [6.07, 6.45) is 6.80. The van der Waals surface area contributed by atoms with Crippen molar-refractivity contribution in [2.24, 2.45) is 0 Å². The van der Waals surface area contributed by atoms with Crippen molar-refractivity contribution >= 4 is 11.9 Å². The fourth-order valence-electron chi connectivity index (χ4n) is 3.48. The van der Waals surface area contributed by atoms with E-state index in [1.807, 2.05) is 27.7 Å². The van der Waals surface area contributed by atoms with Crippen molar-refractivity contribution in [2.45, 2.75) is 109 Å². The van der Waals surface area contributed by atoms with Crippen LogP contribution in [0.2, 0.25) is 0 Å². The number of aliphatic carboxylic acids is 2. The molecule has 1 heterocycles. The zero-order chi connectivity index (χ0) is 20.4. The first-order valence-corrected chi connectivity index (χ1v) is 9.49. The molecular weight excluding hydrogens is 338 g/mol. The molecule has 0 aromatic heterocycles. The molecule has 1 rings (SSSR count). The van der Waals surface area contributed by atoms with Gasteiger partial charge in [0.05, 0.1) is 6.10 Å². The Morgan fingerprint density at radius 2 is 1.12 bits per heavy atom. The van der Waals surface area contributed by atoms with Crippen LogP contribution in [0.15, 0.2) is 0 Å². The molecule has 7 heteroatoms. The summed E-state index contributed by atoms with van der Waals surface area (Å²) < 4.78 is 0. The smallest absolute Gasteiger partial charge is 0.303 e. The lowest BCUT2D eigenvalue weighted by Gasteiger charge is -2.50. The second-order valence-corrected chi connectivity index (χ2v) is 8.41. The van der Waals surface area contributed by atoms with Crippen LogP contribution in [0.3, 0.4) is 0 Å². The minimum absolute atomic E-state index is 0.245. The van der Waals surface area contributed by atoms with Gasteiger partial charge in [0, 0.05) is 23.9 Å². The van der Waals surface area contributed by atoms with E-state index in [2.05, 4.69) is 0 Å². The van der Waals surface area contributed by atoms with Gasteiger partial charge in [0.15, 0.2) is 0 Å². The molecule has 0 atom stereocenters. The summed E-state index contributed by atoms with van der Waals surface area (Å²) in [4.78, 5) is 20.3. The summed E-state index contributed by atoms with van der Waals surface area (Å²) in [5.74, 6) is -1.48. The highest BCUT2D eigenvalue weighted by atomic mass is 16.5. The number of carboxylic acids is 2. The summed E-state index contributed by atoms with van der Waals surface area (Å²) in [5.41, 5.74) is -0.637. The van der Waals surface area contributed by atoms with Gasteiger partial charge in [-0.3, -0.25) is 9.59 Å².